The second-order valence-electron chi connectivity index (χ2n) is 4.00. The average molecular weight is 183 g/mol. The van der Waals surface area contributed by atoms with Gasteiger partial charge in [-0.25, -0.2) is 0 Å². The first-order chi connectivity index (χ1) is 5.91. The van der Waals surface area contributed by atoms with Crippen LogP contribution in [0.2, 0.25) is 0 Å². The van der Waals surface area contributed by atoms with Gasteiger partial charge in [0.25, 0.3) is 0 Å². The Hall–Kier alpha value is -1.32. The Kier molecular flexibility index (Phi) is 2.40. The van der Waals surface area contributed by atoms with E-state index in [4.69, 9.17) is 9.63 Å². The minimum atomic E-state index is -0.867. The number of nitrogens with zero attached hydrogens (tertiary/aromatic N) is 1. The van der Waals surface area contributed by atoms with Crippen molar-refractivity contribution in [2.75, 3.05) is 0 Å². The number of aromatic nitrogens is 1. The summed E-state index contributed by atoms with van der Waals surface area (Å²) in [4.78, 5) is 10.5. The Bertz CT molecular complexity index is 309. The standard InChI is InChI=1S/C9H13NO3/c1-9(2,3)8-6(4-7(11)12)5-10-13-8/h5H,4H2,1-3H3,(H,11,12). The van der Waals surface area contributed by atoms with Crippen molar-refractivity contribution in [1.29, 1.82) is 0 Å². The van der Waals surface area contributed by atoms with Crippen LogP contribution >= 0.6 is 0 Å². The molecule has 0 saturated heterocycles. The highest BCUT2D eigenvalue weighted by Crippen LogP contribution is 2.25. The molecule has 0 saturated carbocycles. The molecule has 0 unspecified atom stereocenters. The molecule has 0 radical (unpaired) electrons. The smallest absolute Gasteiger partial charge is 0.308 e. The van der Waals surface area contributed by atoms with Gasteiger partial charge in [-0.2, -0.15) is 0 Å². The van der Waals surface area contributed by atoms with Crippen LogP contribution in [0.4, 0.5) is 0 Å². The van der Waals surface area contributed by atoms with E-state index in [-0.39, 0.29) is 11.8 Å². The largest absolute Gasteiger partial charge is 0.481 e. The quantitative estimate of drug-likeness (QED) is 0.756. The van der Waals surface area contributed by atoms with Crippen molar-refractivity contribution in [3.05, 3.63) is 17.5 Å². The average Bonchev–Trinajstić information content (AvgIpc) is 2.31. The van der Waals surface area contributed by atoms with Gasteiger partial charge in [0.1, 0.15) is 5.76 Å². The van der Waals surface area contributed by atoms with Crippen molar-refractivity contribution in [2.24, 2.45) is 0 Å². The molecule has 1 aromatic rings. The van der Waals surface area contributed by atoms with E-state index < -0.39 is 5.97 Å². The van der Waals surface area contributed by atoms with Gasteiger partial charge in [-0.1, -0.05) is 25.9 Å². The fraction of sp³-hybridized carbons (Fsp3) is 0.556. The molecule has 1 N–H and O–H groups in total. The molecule has 1 heterocycles. The van der Waals surface area contributed by atoms with Crippen LogP contribution in [-0.4, -0.2) is 16.2 Å². The van der Waals surface area contributed by atoms with Gasteiger partial charge in [0.2, 0.25) is 0 Å². The fourth-order valence-corrected chi connectivity index (χ4v) is 1.17. The lowest BCUT2D eigenvalue weighted by Gasteiger charge is -2.14. The van der Waals surface area contributed by atoms with E-state index >= 15 is 0 Å². The zero-order valence-electron chi connectivity index (χ0n) is 8.00. The summed E-state index contributed by atoms with van der Waals surface area (Å²) < 4.78 is 5.02. The number of carboxylic acid groups (broad SMARTS) is 1. The second kappa shape index (κ2) is 3.20. The van der Waals surface area contributed by atoms with E-state index in [9.17, 15) is 4.79 Å². The first-order valence-corrected chi connectivity index (χ1v) is 4.07. The maximum atomic E-state index is 10.5. The van der Waals surface area contributed by atoms with Gasteiger partial charge < -0.3 is 9.63 Å². The number of hydrogen-bond acceptors (Lipinski definition) is 3. The minimum absolute atomic E-state index is 0.0316. The molecule has 4 nitrogen and oxygen atoms in total. The van der Waals surface area contributed by atoms with Crippen LogP contribution in [0.15, 0.2) is 10.7 Å². The molecule has 13 heavy (non-hydrogen) atoms. The topological polar surface area (TPSA) is 63.3 Å². The SMILES string of the molecule is CC(C)(C)c1oncc1CC(=O)O. The molecule has 1 rings (SSSR count). The molecule has 0 aliphatic rings. The van der Waals surface area contributed by atoms with Gasteiger partial charge in [-0.3, -0.25) is 4.79 Å². The van der Waals surface area contributed by atoms with E-state index in [0.717, 1.165) is 0 Å². The number of carboxylic acids is 1. The number of aliphatic carboxylic acids is 1. The molecular weight excluding hydrogens is 170 g/mol. The van der Waals surface area contributed by atoms with E-state index in [1.54, 1.807) is 0 Å². The van der Waals surface area contributed by atoms with Crippen molar-refractivity contribution < 1.29 is 14.4 Å². The van der Waals surface area contributed by atoms with Crippen LogP contribution < -0.4 is 0 Å². The lowest BCUT2D eigenvalue weighted by Crippen LogP contribution is -2.14. The molecular formula is C9H13NO3. The number of carbonyl (C=O) groups is 1. The second-order valence-corrected chi connectivity index (χ2v) is 4.00. The van der Waals surface area contributed by atoms with Crippen molar-refractivity contribution in [1.82, 2.24) is 5.16 Å². The number of hydrogen-bond donors (Lipinski definition) is 1. The Balaban J connectivity index is 2.96. The summed E-state index contributed by atoms with van der Waals surface area (Å²) >= 11 is 0. The molecule has 0 aliphatic carbocycles. The third kappa shape index (κ3) is 2.31. The number of rotatable bonds is 2. The third-order valence-electron chi connectivity index (χ3n) is 1.67. The zero-order chi connectivity index (χ0) is 10.1. The first-order valence-electron chi connectivity index (χ1n) is 4.07. The lowest BCUT2D eigenvalue weighted by atomic mass is 9.90. The minimum Gasteiger partial charge on any atom is -0.481 e. The van der Waals surface area contributed by atoms with Gasteiger partial charge in [0.05, 0.1) is 12.6 Å². The van der Waals surface area contributed by atoms with Crippen molar-refractivity contribution >= 4 is 5.97 Å². The molecule has 4 heteroatoms. The summed E-state index contributed by atoms with van der Waals surface area (Å²) in [6, 6.07) is 0. The van der Waals surface area contributed by atoms with Crippen LogP contribution in [0.1, 0.15) is 32.1 Å². The summed E-state index contributed by atoms with van der Waals surface area (Å²) in [5, 5.41) is 12.2. The lowest BCUT2D eigenvalue weighted by molar-refractivity contribution is -0.136. The first kappa shape index (κ1) is 9.77. The Morgan fingerprint density at radius 3 is 2.69 bits per heavy atom. The maximum Gasteiger partial charge on any atom is 0.308 e. The summed E-state index contributed by atoms with van der Waals surface area (Å²) in [5.74, 6) is -0.219. The maximum absolute atomic E-state index is 10.5. The van der Waals surface area contributed by atoms with E-state index in [2.05, 4.69) is 5.16 Å². The van der Waals surface area contributed by atoms with Crippen LogP contribution in [0.5, 0.6) is 0 Å². The molecule has 0 amide bonds. The Morgan fingerprint density at radius 2 is 2.23 bits per heavy atom. The molecule has 1 aromatic heterocycles. The van der Waals surface area contributed by atoms with Crippen LogP contribution in [0, 0.1) is 0 Å². The monoisotopic (exact) mass is 183 g/mol. The summed E-state index contributed by atoms with van der Waals surface area (Å²) in [6.45, 7) is 5.87. The van der Waals surface area contributed by atoms with Crippen molar-refractivity contribution in [3.63, 3.8) is 0 Å². The highest BCUT2D eigenvalue weighted by Gasteiger charge is 2.23. The summed E-state index contributed by atoms with van der Waals surface area (Å²) in [6.07, 6.45) is 1.44. The highest BCUT2D eigenvalue weighted by atomic mass is 16.5. The van der Waals surface area contributed by atoms with Crippen LogP contribution in [-0.2, 0) is 16.6 Å². The Labute approximate surface area is 76.5 Å². The van der Waals surface area contributed by atoms with E-state index in [1.807, 2.05) is 20.8 Å². The predicted octanol–water partition coefficient (Wildman–Crippen LogP) is 1.60. The van der Waals surface area contributed by atoms with Gasteiger partial charge >= 0.3 is 5.97 Å². The molecule has 0 aromatic carbocycles. The van der Waals surface area contributed by atoms with Gasteiger partial charge in [-0.15, -0.1) is 0 Å². The highest BCUT2D eigenvalue weighted by molar-refractivity contribution is 5.70. The van der Waals surface area contributed by atoms with Crippen LogP contribution in [0.25, 0.3) is 0 Å². The normalized spacial score (nSPS) is 11.6. The Morgan fingerprint density at radius 1 is 1.62 bits per heavy atom. The van der Waals surface area contributed by atoms with Crippen molar-refractivity contribution in [3.8, 4) is 0 Å². The molecule has 0 fully saturated rings. The van der Waals surface area contributed by atoms with Crippen LogP contribution in [0.3, 0.4) is 0 Å². The molecule has 0 aliphatic heterocycles. The predicted molar refractivity (Wildman–Crippen MR) is 46.5 cm³/mol. The van der Waals surface area contributed by atoms with E-state index in [1.165, 1.54) is 6.20 Å². The van der Waals surface area contributed by atoms with Crippen molar-refractivity contribution in [2.45, 2.75) is 32.6 Å². The summed E-state index contributed by atoms with van der Waals surface area (Å²) in [5.41, 5.74) is 0.460. The third-order valence-corrected chi connectivity index (χ3v) is 1.67. The van der Waals surface area contributed by atoms with Gasteiger partial charge in [0.15, 0.2) is 0 Å². The summed E-state index contributed by atoms with van der Waals surface area (Å²) in [7, 11) is 0. The molecule has 72 valence electrons. The van der Waals surface area contributed by atoms with E-state index in [0.29, 0.717) is 11.3 Å². The molecule has 0 bridgehead atoms. The fourth-order valence-electron chi connectivity index (χ4n) is 1.17. The zero-order valence-corrected chi connectivity index (χ0v) is 8.00. The van der Waals surface area contributed by atoms with Gasteiger partial charge in [-0.05, 0) is 0 Å². The molecule has 0 spiro atoms. The van der Waals surface area contributed by atoms with Gasteiger partial charge in [0, 0.05) is 11.0 Å². The molecule has 0 atom stereocenters.